The number of aryl methyl sites for hydroxylation is 1. The number of piperidine rings is 1. The molecule has 2 atom stereocenters. The van der Waals surface area contributed by atoms with Crippen LogP contribution in [-0.2, 0) is 16.4 Å². The number of nitrogens with one attached hydrogen (secondary N) is 2. The van der Waals surface area contributed by atoms with E-state index < -0.39 is 10.0 Å². The average molecular weight is 309 g/mol. The Morgan fingerprint density at radius 3 is 2.61 bits per heavy atom. The molecule has 1 aliphatic carbocycles. The Labute approximate surface area is 118 Å². The van der Waals surface area contributed by atoms with Gasteiger partial charge < -0.3 is 5.32 Å². The molecule has 0 spiro atoms. The van der Waals surface area contributed by atoms with E-state index in [1.807, 2.05) is 13.0 Å². The average Bonchev–Trinajstić information content (AvgIpc) is 2.83. The van der Waals surface area contributed by atoms with Crippen LogP contribution >= 0.6 is 23.7 Å². The van der Waals surface area contributed by atoms with Crippen LogP contribution in [0.4, 0.5) is 0 Å². The lowest BCUT2D eigenvalue weighted by Crippen LogP contribution is -2.32. The quantitative estimate of drug-likeness (QED) is 0.879. The molecule has 18 heavy (non-hydrogen) atoms. The van der Waals surface area contributed by atoms with E-state index in [2.05, 4.69) is 10.0 Å². The van der Waals surface area contributed by atoms with Crippen molar-refractivity contribution in [1.82, 2.24) is 10.0 Å². The highest BCUT2D eigenvalue weighted by molar-refractivity contribution is 7.91. The zero-order valence-electron chi connectivity index (χ0n) is 10.0. The van der Waals surface area contributed by atoms with E-state index >= 15 is 0 Å². The van der Waals surface area contributed by atoms with E-state index in [-0.39, 0.29) is 18.4 Å². The number of hydrogen-bond donors (Lipinski definition) is 2. The lowest BCUT2D eigenvalue weighted by Gasteiger charge is -2.06. The Balaban J connectivity index is 0.00000120. The van der Waals surface area contributed by atoms with Crippen molar-refractivity contribution in [1.29, 1.82) is 0 Å². The molecule has 1 aromatic rings. The number of fused-ring (bicyclic) bond motifs is 1. The van der Waals surface area contributed by atoms with Crippen LogP contribution < -0.4 is 10.0 Å². The summed E-state index contributed by atoms with van der Waals surface area (Å²) in [4.78, 5) is 1.11. The molecule has 1 saturated heterocycles. The van der Waals surface area contributed by atoms with Gasteiger partial charge in [0.05, 0.1) is 0 Å². The van der Waals surface area contributed by atoms with Gasteiger partial charge in [-0.3, -0.25) is 0 Å². The van der Waals surface area contributed by atoms with Crippen LogP contribution in [0.25, 0.3) is 0 Å². The summed E-state index contributed by atoms with van der Waals surface area (Å²) in [5.41, 5.74) is 0. The topological polar surface area (TPSA) is 58.2 Å². The van der Waals surface area contributed by atoms with Crippen LogP contribution in [-0.4, -0.2) is 27.5 Å². The molecule has 0 amide bonds. The highest BCUT2D eigenvalue weighted by atomic mass is 35.5. The Morgan fingerprint density at radius 1 is 1.39 bits per heavy atom. The molecular formula is C11H17ClN2O2S2. The molecule has 1 aliphatic heterocycles. The number of hydrogen-bond acceptors (Lipinski definition) is 4. The SMILES string of the molecule is CCc1ccc(S(=O)(=O)NC2C3CNCC32)s1.Cl. The van der Waals surface area contributed by atoms with Gasteiger partial charge in [0.2, 0.25) is 10.0 Å². The summed E-state index contributed by atoms with van der Waals surface area (Å²) in [6, 6.07) is 3.77. The van der Waals surface area contributed by atoms with E-state index in [4.69, 9.17) is 0 Å². The predicted molar refractivity (Wildman–Crippen MR) is 74.9 cm³/mol. The van der Waals surface area contributed by atoms with Crippen LogP contribution in [0.2, 0.25) is 0 Å². The van der Waals surface area contributed by atoms with Crippen LogP contribution in [0.15, 0.2) is 16.3 Å². The highest BCUT2D eigenvalue weighted by Gasteiger charge is 2.54. The first-order valence-corrected chi connectivity index (χ1v) is 8.23. The van der Waals surface area contributed by atoms with Gasteiger partial charge in [-0.25, -0.2) is 13.1 Å². The Kier molecular flexibility index (Phi) is 4.04. The summed E-state index contributed by atoms with van der Waals surface area (Å²) in [7, 11) is -3.29. The first kappa shape index (κ1) is 14.3. The van der Waals surface area contributed by atoms with E-state index in [1.165, 1.54) is 11.3 Å². The second-order valence-corrected chi connectivity index (χ2v) is 7.82. The van der Waals surface area contributed by atoms with Gasteiger partial charge in [0.1, 0.15) is 4.21 Å². The smallest absolute Gasteiger partial charge is 0.250 e. The van der Waals surface area contributed by atoms with Gasteiger partial charge in [-0.1, -0.05) is 6.92 Å². The molecule has 4 nitrogen and oxygen atoms in total. The largest absolute Gasteiger partial charge is 0.316 e. The lowest BCUT2D eigenvalue weighted by atomic mass is 10.4. The summed E-state index contributed by atoms with van der Waals surface area (Å²) in [6.07, 6.45) is 0.888. The summed E-state index contributed by atoms with van der Waals surface area (Å²) < 4.78 is 27.5. The van der Waals surface area contributed by atoms with E-state index in [1.54, 1.807) is 6.07 Å². The van der Waals surface area contributed by atoms with E-state index in [9.17, 15) is 8.42 Å². The normalized spacial score (nSPS) is 29.7. The zero-order valence-corrected chi connectivity index (χ0v) is 12.5. The third kappa shape index (κ3) is 2.44. The standard InChI is InChI=1S/C11H16N2O2S2.ClH/c1-2-7-3-4-10(16-7)17(14,15)13-11-8-5-12-6-9(8)11;/h3-4,8-9,11-13H,2,5-6H2,1H3;1H. The number of halogens is 1. The minimum Gasteiger partial charge on any atom is -0.316 e. The maximum atomic E-state index is 12.1. The molecule has 102 valence electrons. The molecule has 2 heterocycles. The second-order valence-electron chi connectivity index (χ2n) is 4.71. The monoisotopic (exact) mass is 308 g/mol. The molecule has 2 aliphatic rings. The lowest BCUT2D eigenvalue weighted by molar-refractivity contribution is 0.567. The Morgan fingerprint density at radius 2 is 2.06 bits per heavy atom. The van der Waals surface area contributed by atoms with Crippen molar-refractivity contribution in [3.8, 4) is 0 Å². The van der Waals surface area contributed by atoms with Crippen LogP contribution in [0, 0.1) is 11.8 Å². The van der Waals surface area contributed by atoms with Gasteiger partial charge in [0.15, 0.2) is 0 Å². The second kappa shape index (κ2) is 5.09. The molecule has 3 rings (SSSR count). The molecular weight excluding hydrogens is 292 g/mol. The van der Waals surface area contributed by atoms with Crippen LogP contribution in [0.5, 0.6) is 0 Å². The van der Waals surface area contributed by atoms with Crippen molar-refractivity contribution in [2.24, 2.45) is 11.8 Å². The maximum absolute atomic E-state index is 12.1. The Bertz CT molecular complexity index is 519. The Hall–Kier alpha value is -0.140. The fourth-order valence-electron chi connectivity index (χ4n) is 2.52. The van der Waals surface area contributed by atoms with Crippen molar-refractivity contribution >= 4 is 33.8 Å². The summed E-state index contributed by atoms with van der Waals surface area (Å²) >= 11 is 1.37. The van der Waals surface area contributed by atoms with E-state index in [0.29, 0.717) is 16.0 Å². The first-order chi connectivity index (χ1) is 8.12. The molecule has 1 saturated carbocycles. The third-order valence-electron chi connectivity index (χ3n) is 3.63. The minimum atomic E-state index is -3.29. The molecule has 0 bridgehead atoms. The predicted octanol–water partition coefficient (Wildman–Crippen LogP) is 1.23. The van der Waals surface area contributed by atoms with Crippen molar-refractivity contribution in [2.45, 2.75) is 23.6 Å². The number of rotatable bonds is 4. The summed E-state index contributed by atoms with van der Waals surface area (Å²) in [6.45, 7) is 3.93. The van der Waals surface area contributed by atoms with Crippen LogP contribution in [0.1, 0.15) is 11.8 Å². The fraction of sp³-hybridized carbons (Fsp3) is 0.636. The van der Waals surface area contributed by atoms with Crippen molar-refractivity contribution in [3.05, 3.63) is 17.0 Å². The molecule has 2 unspecified atom stereocenters. The highest BCUT2D eigenvalue weighted by Crippen LogP contribution is 2.42. The molecule has 2 fully saturated rings. The van der Waals surface area contributed by atoms with Crippen LogP contribution in [0.3, 0.4) is 0 Å². The summed E-state index contributed by atoms with van der Waals surface area (Å²) in [5, 5.41) is 3.26. The van der Waals surface area contributed by atoms with Gasteiger partial charge in [-0.15, -0.1) is 23.7 Å². The maximum Gasteiger partial charge on any atom is 0.250 e. The third-order valence-corrected chi connectivity index (χ3v) is 6.81. The van der Waals surface area contributed by atoms with E-state index in [0.717, 1.165) is 24.4 Å². The molecule has 0 radical (unpaired) electrons. The van der Waals surface area contributed by atoms with Crippen molar-refractivity contribution < 1.29 is 8.42 Å². The van der Waals surface area contributed by atoms with Crippen molar-refractivity contribution in [2.75, 3.05) is 13.1 Å². The minimum absolute atomic E-state index is 0. The van der Waals surface area contributed by atoms with Gasteiger partial charge in [0, 0.05) is 10.9 Å². The first-order valence-electron chi connectivity index (χ1n) is 5.93. The molecule has 7 heteroatoms. The van der Waals surface area contributed by atoms with Gasteiger partial charge in [-0.2, -0.15) is 0 Å². The molecule has 0 aromatic carbocycles. The molecule has 2 N–H and O–H groups in total. The van der Waals surface area contributed by atoms with Gasteiger partial charge >= 0.3 is 0 Å². The summed E-state index contributed by atoms with van der Waals surface area (Å²) in [5.74, 6) is 1.02. The van der Waals surface area contributed by atoms with Gasteiger partial charge in [0.25, 0.3) is 0 Å². The number of thiophene rings is 1. The van der Waals surface area contributed by atoms with Gasteiger partial charge in [-0.05, 0) is 43.5 Å². The zero-order chi connectivity index (χ0) is 12.0. The van der Waals surface area contributed by atoms with Crippen molar-refractivity contribution in [3.63, 3.8) is 0 Å². The molecule has 1 aromatic heterocycles. The fourth-order valence-corrected chi connectivity index (χ4v) is 5.17. The number of sulfonamides is 1.